The molecular formula is C27H37N3O4. The highest BCUT2D eigenvalue weighted by molar-refractivity contribution is 5.94. The van der Waals surface area contributed by atoms with Gasteiger partial charge in [0, 0.05) is 24.7 Å². The third-order valence-corrected chi connectivity index (χ3v) is 5.97. The molecule has 0 bridgehead atoms. The lowest BCUT2D eigenvalue weighted by Gasteiger charge is -2.38. The number of piperidine rings is 1. The summed E-state index contributed by atoms with van der Waals surface area (Å²) in [6.45, 7) is 8.25. The van der Waals surface area contributed by atoms with Gasteiger partial charge >= 0.3 is 0 Å². The number of carbonyl (C=O) groups is 2. The molecule has 0 unspecified atom stereocenters. The van der Waals surface area contributed by atoms with Gasteiger partial charge in [0.1, 0.15) is 18.1 Å². The van der Waals surface area contributed by atoms with Crippen molar-refractivity contribution in [1.29, 1.82) is 0 Å². The Labute approximate surface area is 203 Å². The van der Waals surface area contributed by atoms with E-state index in [1.165, 1.54) is 0 Å². The number of nitrogens with one attached hydrogen (secondary N) is 1. The van der Waals surface area contributed by atoms with Gasteiger partial charge in [-0.3, -0.25) is 14.5 Å². The van der Waals surface area contributed by atoms with Gasteiger partial charge in [0.05, 0.1) is 19.7 Å². The van der Waals surface area contributed by atoms with Crippen LogP contribution < -0.4 is 14.8 Å². The van der Waals surface area contributed by atoms with Crippen LogP contribution in [0.1, 0.15) is 43.5 Å². The predicted molar refractivity (Wildman–Crippen MR) is 133 cm³/mol. The normalized spacial score (nSPS) is 14.1. The molecule has 7 heteroatoms. The molecule has 3 rings (SSSR count). The first kappa shape index (κ1) is 25.6. The Morgan fingerprint density at radius 2 is 1.62 bits per heavy atom. The number of ether oxygens (including phenoxy) is 2. The fraction of sp³-hybridized carbons (Fsp3) is 0.481. The Morgan fingerprint density at radius 3 is 2.24 bits per heavy atom. The van der Waals surface area contributed by atoms with Gasteiger partial charge in [-0.2, -0.15) is 0 Å². The third kappa shape index (κ3) is 7.76. The second-order valence-corrected chi connectivity index (χ2v) is 8.46. The number of rotatable bonds is 12. The van der Waals surface area contributed by atoms with Crippen molar-refractivity contribution >= 4 is 11.8 Å². The quantitative estimate of drug-likeness (QED) is 0.483. The van der Waals surface area contributed by atoms with E-state index in [2.05, 4.69) is 17.1 Å². The summed E-state index contributed by atoms with van der Waals surface area (Å²) < 4.78 is 11.1. The highest BCUT2D eigenvalue weighted by Gasteiger charge is 2.28. The maximum Gasteiger partial charge on any atom is 0.253 e. The summed E-state index contributed by atoms with van der Waals surface area (Å²) in [5, 5.41) is 2.97. The second-order valence-electron chi connectivity index (χ2n) is 8.46. The zero-order valence-corrected chi connectivity index (χ0v) is 20.4. The minimum atomic E-state index is 0.00605. The summed E-state index contributed by atoms with van der Waals surface area (Å²) in [5.41, 5.74) is 0.734. The smallest absolute Gasteiger partial charge is 0.253 e. The van der Waals surface area contributed by atoms with Crippen LogP contribution in [0.15, 0.2) is 54.6 Å². The lowest BCUT2D eigenvalue weighted by Crippen LogP contribution is -2.50. The van der Waals surface area contributed by atoms with Crippen molar-refractivity contribution in [3.63, 3.8) is 0 Å². The summed E-state index contributed by atoms with van der Waals surface area (Å²) in [6.07, 6.45) is 2.75. The summed E-state index contributed by atoms with van der Waals surface area (Å²) in [6, 6.07) is 17.2. The molecule has 1 saturated heterocycles. The largest absolute Gasteiger partial charge is 0.494 e. The Balaban J connectivity index is 1.39. The molecule has 34 heavy (non-hydrogen) atoms. The van der Waals surface area contributed by atoms with Crippen LogP contribution in [0.2, 0.25) is 0 Å². The SMILES string of the molecule is CCCN(CC(=O)NCCOc1ccc(OCC)cc1)C1CCN(C(=O)c2ccccc2)CC1. The zero-order valence-electron chi connectivity index (χ0n) is 20.4. The first-order valence-corrected chi connectivity index (χ1v) is 12.3. The van der Waals surface area contributed by atoms with Gasteiger partial charge in [-0.25, -0.2) is 0 Å². The molecule has 0 saturated carbocycles. The predicted octanol–water partition coefficient (Wildman–Crippen LogP) is 3.60. The molecule has 2 aromatic carbocycles. The van der Waals surface area contributed by atoms with Crippen LogP contribution >= 0.6 is 0 Å². The average molecular weight is 468 g/mol. The molecule has 2 amide bonds. The highest BCUT2D eigenvalue weighted by atomic mass is 16.5. The van der Waals surface area contributed by atoms with Crippen LogP contribution in [-0.4, -0.2) is 73.6 Å². The molecule has 1 heterocycles. The van der Waals surface area contributed by atoms with E-state index in [9.17, 15) is 9.59 Å². The van der Waals surface area contributed by atoms with Crippen LogP contribution in [0, 0.1) is 0 Å². The van der Waals surface area contributed by atoms with E-state index in [1.54, 1.807) is 0 Å². The van der Waals surface area contributed by atoms with E-state index in [0.29, 0.717) is 32.3 Å². The van der Waals surface area contributed by atoms with Crippen LogP contribution in [0.4, 0.5) is 0 Å². The molecule has 1 aliphatic rings. The average Bonchev–Trinajstić information content (AvgIpc) is 2.88. The van der Waals surface area contributed by atoms with E-state index >= 15 is 0 Å². The number of carbonyl (C=O) groups excluding carboxylic acids is 2. The molecule has 0 aromatic heterocycles. The monoisotopic (exact) mass is 467 g/mol. The van der Waals surface area contributed by atoms with Gasteiger partial charge < -0.3 is 19.7 Å². The topological polar surface area (TPSA) is 71.1 Å². The molecule has 0 atom stereocenters. The Morgan fingerprint density at radius 1 is 0.971 bits per heavy atom. The van der Waals surface area contributed by atoms with Crippen molar-refractivity contribution in [3.05, 3.63) is 60.2 Å². The maximum atomic E-state index is 12.7. The summed E-state index contributed by atoms with van der Waals surface area (Å²) in [5.74, 6) is 1.66. The summed E-state index contributed by atoms with van der Waals surface area (Å²) in [4.78, 5) is 29.5. The minimum absolute atomic E-state index is 0.00605. The molecule has 7 nitrogen and oxygen atoms in total. The molecule has 0 radical (unpaired) electrons. The fourth-order valence-corrected chi connectivity index (χ4v) is 4.27. The molecule has 1 aliphatic heterocycles. The van der Waals surface area contributed by atoms with Gasteiger partial charge in [-0.15, -0.1) is 0 Å². The van der Waals surface area contributed by atoms with E-state index in [-0.39, 0.29) is 11.8 Å². The van der Waals surface area contributed by atoms with E-state index < -0.39 is 0 Å². The number of nitrogens with zero attached hydrogens (tertiary/aromatic N) is 2. The minimum Gasteiger partial charge on any atom is -0.494 e. The van der Waals surface area contributed by atoms with Gasteiger partial charge in [0.15, 0.2) is 0 Å². The number of hydrogen-bond donors (Lipinski definition) is 1. The first-order chi connectivity index (χ1) is 16.6. The van der Waals surface area contributed by atoms with Crippen molar-refractivity contribution in [2.24, 2.45) is 0 Å². The molecule has 1 N–H and O–H groups in total. The molecular weight excluding hydrogens is 430 g/mol. The highest BCUT2D eigenvalue weighted by Crippen LogP contribution is 2.19. The number of hydrogen-bond acceptors (Lipinski definition) is 5. The molecule has 2 aromatic rings. The maximum absolute atomic E-state index is 12.7. The second kappa shape index (κ2) is 13.6. The zero-order chi connectivity index (χ0) is 24.2. The molecule has 0 aliphatic carbocycles. The van der Waals surface area contributed by atoms with Gasteiger partial charge in [-0.05, 0) is 69.1 Å². The summed E-state index contributed by atoms with van der Waals surface area (Å²) in [7, 11) is 0. The van der Waals surface area contributed by atoms with Crippen molar-refractivity contribution in [1.82, 2.24) is 15.1 Å². The van der Waals surface area contributed by atoms with Crippen molar-refractivity contribution < 1.29 is 19.1 Å². The van der Waals surface area contributed by atoms with Crippen LogP contribution in [0.3, 0.4) is 0 Å². The van der Waals surface area contributed by atoms with Crippen molar-refractivity contribution in [2.75, 3.05) is 45.9 Å². The number of likely N-dealkylation sites (tertiary alicyclic amines) is 1. The molecule has 184 valence electrons. The Kier molecular flexibility index (Phi) is 10.2. The summed E-state index contributed by atoms with van der Waals surface area (Å²) >= 11 is 0. The lowest BCUT2D eigenvalue weighted by atomic mass is 10.0. The van der Waals surface area contributed by atoms with Crippen molar-refractivity contribution in [3.8, 4) is 11.5 Å². The first-order valence-electron chi connectivity index (χ1n) is 12.3. The standard InChI is InChI=1S/C27H37N3O4/c1-3-17-30(23-14-18-29(19-15-23)27(32)22-8-6-5-7-9-22)21-26(31)28-16-20-34-25-12-10-24(11-13-25)33-4-2/h5-13,23H,3-4,14-21H2,1-2H3,(H,28,31). The van der Waals surface area contributed by atoms with E-state index in [4.69, 9.17) is 9.47 Å². The number of amides is 2. The van der Waals surface area contributed by atoms with Gasteiger partial charge in [0.2, 0.25) is 5.91 Å². The number of benzene rings is 2. The Hall–Kier alpha value is -3.06. The molecule has 0 spiro atoms. The van der Waals surface area contributed by atoms with Crippen LogP contribution in [0.25, 0.3) is 0 Å². The van der Waals surface area contributed by atoms with Gasteiger partial charge in [0.25, 0.3) is 5.91 Å². The van der Waals surface area contributed by atoms with Crippen molar-refractivity contribution in [2.45, 2.75) is 39.2 Å². The fourth-order valence-electron chi connectivity index (χ4n) is 4.27. The Bertz CT molecular complexity index is 881. The third-order valence-electron chi connectivity index (χ3n) is 5.97. The van der Waals surface area contributed by atoms with Crippen LogP contribution in [0.5, 0.6) is 11.5 Å². The van der Waals surface area contributed by atoms with Gasteiger partial charge in [-0.1, -0.05) is 25.1 Å². The molecule has 1 fully saturated rings. The van der Waals surface area contributed by atoms with Crippen LogP contribution in [-0.2, 0) is 4.79 Å². The lowest BCUT2D eigenvalue weighted by molar-refractivity contribution is -0.123. The van der Waals surface area contributed by atoms with E-state index in [0.717, 1.165) is 56.0 Å². The van der Waals surface area contributed by atoms with E-state index in [1.807, 2.05) is 66.4 Å².